The molecule has 0 aromatic heterocycles. The Balaban J connectivity index is 1.91. The number of ether oxygens (including phenoxy) is 4. The number of carbonyl (C=O) groups is 1. The first-order valence-electron chi connectivity index (χ1n) is 9.22. The average molecular weight is 452 g/mol. The highest BCUT2D eigenvalue weighted by molar-refractivity contribution is 7.84. The van der Waals surface area contributed by atoms with Gasteiger partial charge in [0.05, 0.1) is 28.4 Å². The number of fused-ring (bicyclic) bond motifs is 1. The molecule has 1 amide bonds. The Morgan fingerprint density at radius 1 is 0.871 bits per heavy atom. The minimum absolute atomic E-state index is 0.00755. The van der Waals surface area contributed by atoms with E-state index in [9.17, 15) is 13.2 Å². The molecule has 168 valence electrons. The number of hydrogen-bond acceptors (Lipinski definition) is 8. The topological polar surface area (TPSA) is 127 Å². The van der Waals surface area contributed by atoms with Crippen LogP contribution in [0.25, 0.3) is 0 Å². The standard InChI is InChI=1S/C20H24N2O8S/c1-26-15-10-14-11-22(6-5-12(14)7-16(15)30-31(21,24)25)20(23)13-8-17(27-2)19(29-4)18(9-13)28-3/h7-10H,5-6,11H2,1-4H3,(H2,21,24,25). The van der Waals surface area contributed by atoms with Crippen LogP contribution in [0.5, 0.6) is 28.7 Å². The number of hydrogen-bond donors (Lipinski definition) is 1. The lowest BCUT2D eigenvalue weighted by molar-refractivity contribution is 0.0733. The molecule has 11 heteroatoms. The Labute approximate surface area is 180 Å². The van der Waals surface area contributed by atoms with Gasteiger partial charge in [-0.1, -0.05) is 0 Å². The predicted molar refractivity (Wildman–Crippen MR) is 111 cm³/mol. The van der Waals surface area contributed by atoms with Gasteiger partial charge < -0.3 is 28.0 Å². The van der Waals surface area contributed by atoms with E-state index in [0.29, 0.717) is 42.3 Å². The van der Waals surface area contributed by atoms with Gasteiger partial charge in [0.2, 0.25) is 5.75 Å². The number of amides is 1. The maximum Gasteiger partial charge on any atom is 0.380 e. The lowest BCUT2D eigenvalue weighted by Crippen LogP contribution is -2.36. The molecular weight excluding hydrogens is 428 g/mol. The van der Waals surface area contributed by atoms with Gasteiger partial charge in [-0.3, -0.25) is 4.79 Å². The first-order valence-corrected chi connectivity index (χ1v) is 10.7. The predicted octanol–water partition coefficient (Wildman–Crippen LogP) is 1.50. The Morgan fingerprint density at radius 2 is 1.45 bits per heavy atom. The second-order valence-electron chi connectivity index (χ2n) is 6.74. The summed E-state index contributed by atoms with van der Waals surface area (Å²) in [7, 11) is 1.65. The average Bonchev–Trinajstić information content (AvgIpc) is 2.75. The highest BCUT2D eigenvalue weighted by Crippen LogP contribution is 2.39. The van der Waals surface area contributed by atoms with Crippen molar-refractivity contribution >= 4 is 16.2 Å². The third-order valence-corrected chi connectivity index (χ3v) is 5.31. The molecule has 0 bridgehead atoms. The van der Waals surface area contributed by atoms with Crippen LogP contribution in [-0.2, 0) is 23.3 Å². The van der Waals surface area contributed by atoms with E-state index in [1.165, 1.54) is 28.4 Å². The Kier molecular flexibility index (Phi) is 6.46. The molecule has 0 fully saturated rings. The molecular formula is C20H24N2O8S. The molecule has 0 atom stereocenters. The molecule has 31 heavy (non-hydrogen) atoms. The van der Waals surface area contributed by atoms with Crippen molar-refractivity contribution in [2.75, 3.05) is 35.0 Å². The van der Waals surface area contributed by atoms with E-state index in [4.69, 9.17) is 28.3 Å². The van der Waals surface area contributed by atoms with Gasteiger partial charge in [-0.25, -0.2) is 0 Å². The fourth-order valence-corrected chi connectivity index (χ4v) is 3.85. The van der Waals surface area contributed by atoms with Crippen molar-refractivity contribution in [1.29, 1.82) is 0 Å². The molecule has 0 unspecified atom stereocenters. The Bertz CT molecular complexity index is 1080. The molecule has 3 rings (SSSR count). The minimum atomic E-state index is -4.19. The number of rotatable bonds is 7. The van der Waals surface area contributed by atoms with Crippen LogP contribution < -0.4 is 28.3 Å². The molecule has 2 N–H and O–H groups in total. The van der Waals surface area contributed by atoms with Gasteiger partial charge >= 0.3 is 10.3 Å². The number of carbonyl (C=O) groups excluding carboxylic acids is 1. The van der Waals surface area contributed by atoms with Gasteiger partial charge in [0, 0.05) is 18.7 Å². The maximum absolute atomic E-state index is 13.2. The summed E-state index contributed by atoms with van der Waals surface area (Å²) < 4.78 is 48.6. The van der Waals surface area contributed by atoms with E-state index in [1.807, 2.05) is 0 Å². The van der Waals surface area contributed by atoms with Gasteiger partial charge in [-0.05, 0) is 41.8 Å². The van der Waals surface area contributed by atoms with Crippen LogP contribution >= 0.6 is 0 Å². The van der Waals surface area contributed by atoms with Gasteiger partial charge in [0.25, 0.3) is 5.91 Å². The molecule has 10 nitrogen and oxygen atoms in total. The number of methoxy groups -OCH3 is 4. The van der Waals surface area contributed by atoms with Gasteiger partial charge in [-0.15, -0.1) is 0 Å². The molecule has 0 saturated carbocycles. The second kappa shape index (κ2) is 8.90. The summed E-state index contributed by atoms with van der Waals surface area (Å²) in [6, 6.07) is 6.41. The van der Waals surface area contributed by atoms with Gasteiger partial charge in [0.15, 0.2) is 23.0 Å². The van der Waals surface area contributed by atoms with E-state index in [2.05, 4.69) is 0 Å². The Hall–Kier alpha value is -3.18. The fraction of sp³-hybridized carbons (Fsp3) is 0.350. The number of nitrogens with zero attached hydrogens (tertiary/aromatic N) is 1. The third-order valence-electron chi connectivity index (χ3n) is 4.90. The first-order chi connectivity index (χ1) is 14.7. The summed E-state index contributed by atoms with van der Waals surface area (Å²) in [6.07, 6.45) is 0.496. The van der Waals surface area contributed by atoms with Crippen LogP contribution in [-0.4, -0.2) is 54.2 Å². The lowest BCUT2D eigenvalue weighted by atomic mass is 9.98. The van der Waals surface area contributed by atoms with Crippen LogP contribution in [0, 0.1) is 0 Å². The van der Waals surface area contributed by atoms with E-state index < -0.39 is 10.3 Å². The monoisotopic (exact) mass is 452 g/mol. The number of nitrogens with two attached hydrogens (primary N) is 1. The molecule has 0 radical (unpaired) electrons. The molecule has 0 spiro atoms. The van der Waals surface area contributed by atoms with Crippen LogP contribution in [0.1, 0.15) is 21.5 Å². The molecule has 1 aliphatic heterocycles. The van der Waals surface area contributed by atoms with E-state index in [0.717, 1.165) is 11.1 Å². The lowest BCUT2D eigenvalue weighted by Gasteiger charge is -2.30. The smallest absolute Gasteiger partial charge is 0.380 e. The van der Waals surface area contributed by atoms with E-state index in [-0.39, 0.29) is 17.4 Å². The van der Waals surface area contributed by atoms with Crippen molar-refractivity contribution in [3.05, 3.63) is 41.0 Å². The van der Waals surface area contributed by atoms with Crippen LogP contribution in [0.15, 0.2) is 24.3 Å². The zero-order valence-corrected chi connectivity index (χ0v) is 18.4. The highest BCUT2D eigenvalue weighted by Gasteiger charge is 2.26. The van der Waals surface area contributed by atoms with Crippen molar-refractivity contribution < 1.29 is 36.3 Å². The summed E-state index contributed by atoms with van der Waals surface area (Å²) >= 11 is 0. The number of benzene rings is 2. The summed E-state index contributed by atoms with van der Waals surface area (Å²) in [5, 5.41) is 4.97. The zero-order valence-electron chi connectivity index (χ0n) is 17.6. The zero-order chi connectivity index (χ0) is 22.8. The van der Waals surface area contributed by atoms with Crippen molar-refractivity contribution in [3.63, 3.8) is 0 Å². The van der Waals surface area contributed by atoms with Crippen LogP contribution in [0.4, 0.5) is 0 Å². The summed E-state index contributed by atoms with van der Waals surface area (Å²) in [4.78, 5) is 14.8. The molecule has 0 saturated heterocycles. The Morgan fingerprint density at radius 3 is 1.97 bits per heavy atom. The maximum atomic E-state index is 13.2. The largest absolute Gasteiger partial charge is 0.493 e. The van der Waals surface area contributed by atoms with Crippen molar-refractivity contribution in [2.24, 2.45) is 5.14 Å². The van der Waals surface area contributed by atoms with Crippen molar-refractivity contribution in [1.82, 2.24) is 4.90 Å². The van der Waals surface area contributed by atoms with Crippen molar-refractivity contribution in [3.8, 4) is 28.7 Å². The van der Waals surface area contributed by atoms with Crippen molar-refractivity contribution in [2.45, 2.75) is 13.0 Å². The van der Waals surface area contributed by atoms with Gasteiger partial charge in [-0.2, -0.15) is 13.6 Å². The summed E-state index contributed by atoms with van der Waals surface area (Å²) in [5.74, 6) is 1.16. The third kappa shape index (κ3) is 4.78. The van der Waals surface area contributed by atoms with Crippen LogP contribution in [0.3, 0.4) is 0 Å². The van der Waals surface area contributed by atoms with E-state index in [1.54, 1.807) is 29.2 Å². The quantitative estimate of drug-likeness (QED) is 0.670. The molecule has 0 aliphatic carbocycles. The summed E-state index contributed by atoms with van der Waals surface area (Å²) in [5.41, 5.74) is 2.04. The van der Waals surface area contributed by atoms with E-state index >= 15 is 0 Å². The highest BCUT2D eigenvalue weighted by atomic mass is 32.2. The molecule has 1 aliphatic rings. The molecule has 1 heterocycles. The second-order valence-corrected chi connectivity index (χ2v) is 7.89. The molecule has 2 aromatic rings. The minimum Gasteiger partial charge on any atom is -0.493 e. The molecule has 2 aromatic carbocycles. The first kappa shape index (κ1) is 22.5. The summed E-state index contributed by atoms with van der Waals surface area (Å²) in [6.45, 7) is 0.723. The van der Waals surface area contributed by atoms with Crippen LogP contribution in [0.2, 0.25) is 0 Å². The SMILES string of the molecule is COc1cc2c(cc1OS(N)(=O)=O)CCN(C(=O)c1cc(OC)c(OC)c(OC)c1)C2. The fourth-order valence-electron chi connectivity index (χ4n) is 3.47. The normalized spacial score (nSPS) is 13.3. The van der Waals surface area contributed by atoms with Gasteiger partial charge in [0.1, 0.15) is 0 Å².